The van der Waals surface area contributed by atoms with Gasteiger partial charge in [-0.05, 0) is 84.1 Å². The maximum atomic E-state index is 2.41. The number of para-hydroxylation sites is 4. The first-order valence-electron chi connectivity index (χ1n) is 14.4. The minimum Gasteiger partial charge on any atom is -0.309 e. The summed E-state index contributed by atoms with van der Waals surface area (Å²) in [7, 11) is 0. The van der Waals surface area contributed by atoms with Gasteiger partial charge in [0.05, 0.1) is 22.1 Å². The van der Waals surface area contributed by atoms with E-state index >= 15 is 0 Å². The lowest BCUT2D eigenvalue weighted by Crippen LogP contribution is -1.99. The SMILES string of the molecule is CCc1cc(-n2c3ccccc3c3ccccc32)ccc1-c1ccc(-n2c3ccccc3c3ccccc32)cc1C. The first-order chi connectivity index (χ1) is 20.2. The largest absolute Gasteiger partial charge is 0.309 e. The highest BCUT2D eigenvalue weighted by molar-refractivity contribution is 6.10. The van der Waals surface area contributed by atoms with Crippen LogP contribution in [0.3, 0.4) is 0 Å². The molecule has 2 aromatic heterocycles. The maximum absolute atomic E-state index is 2.41. The zero-order valence-corrected chi connectivity index (χ0v) is 23.3. The molecule has 0 bridgehead atoms. The lowest BCUT2D eigenvalue weighted by Gasteiger charge is -2.16. The first kappa shape index (κ1) is 23.8. The molecule has 8 aromatic rings. The van der Waals surface area contributed by atoms with Crippen molar-refractivity contribution in [1.82, 2.24) is 9.13 Å². The second kappa shape index (κ2) is 9.25. The molecule has 0 N–H and O–H groups in total. The Hall–Kier alpha value is -5.08. The summed E-state index contributed by atoms with van der Waals surface area (Å²) < 4.78 is 4.80. The fourth-order valence-corrected chi connectivity index (χ4v) is 6.77. The smallest absolute Gasteiger partial charge is 0.0541 e. The summed E-state index contributed by atoms with van der Waals surface area (Å²) in [4.78, 5) is 0. The summed E-state index contributed by atoms with van der Waals surface area (Å²) in [6.07, 6.45) is 0.967. The number of nitrogens with zero attached hydrogens (tertiary/aromatic N) is 2. The van der Waals surface area contributed by atoms with Gasteiger partial charge in [-0.1, -0.05) is 91.9 Å². The minimum atomic E-state index is 0.967. The van der Waals surface area contributed by atoms with Crippen molar-refractivity contribution in [2.75, 3.05) is 0 Å². The molecule has 0 unspecified atom stereocenters. The Kier molecular flexibility index (Phi) is 5.36. The number of aromatic nitrogens is 2. The van der Waals surface area contributed by atoms with Crippen LogP contribution in [0.2, 0.25) is 0 Å². The van der Waals surface area contributed by atoms with Crippen molar-refractivity contribution in [3.05, 3.63) is 145 Å². The first-order valence-corrected chi connectivity index (χ1v) is 14.4. The molecule has 41 heavy (non-hydrogen) atoms. The fraction of sp³-hybridized carbons (Fsp3) is 0.0769. The Labute approximate surface area is 239 Å². The van der Waals surface area contributed by atoms with Gasteiger partial charge >= 0.3 is 0 Å². The topological polar surface area (TPSA) is 9.86 Å². The second-order valence-corrected chi connectivity index (χ2v) is 10.9. The minimum absolute atomic E-state index is 0.967. The molecule has 0 aliphatic heterocycles. The predicted molar refractivity (Wildman–Crippen MR) is 175 cm³/mol. The lowest BCUT2D eigenvalue weighted by atomic mass is 9.94. The molecule has 0 spiro atoms. The molecule has 0 atom stereocenters. The van der Waals surface area contributed by atoms with Gasteiger partial charge in [-0.15, -0.1) is 0 Å². The van der Waals surface area contributed by atoms with Crippen LogP contribution in [0.15, 0.2) is 133 Å². The van der Waals surface area contributed by atoms with Crippen molar-refractivity contribution >= 4 is 43.6 Å². The van der Waals surface area contributed by atoms with Gasteiger partial charge in [0.15, 0.2) is 0 Å². The van der Waals surface area contributed by atoms with Gasteiger partial charge in [0.25, 0.3) is 0 Å². The summed E-state index contributed by atoms with van der Waals surface area (Å²) >= 11 is 0. The molecule has 8 rings (SSSR count). The summed E-state index contributed by atoms with van der Waals surface area (Å²) in [5.74, 6) is 0. The molecule has 0 aliphatic rings. The molecule has 0 fully saturated rings. The summed E-state index contributed by atoms with van der Waals surface area (Å²) in [6, 6.07) is 48.8. The van der Waals surface area contributed by atoms with E-state index in [1.165, 1.54) is 77.2 Å². The van der Waals surface area contributed by atoms with Gasteiger partial charge in [0.1, 0.15) is 0 Å². The second-order valence-electron chi connectivity index (χ2n) is 10.9. The van der Waals surface area contributed by atoms with Crippen LogP contribution < -0.4 is 0 Å². The molecular weight excluding hydrogens is 496 g/mol. The molecular formula is C39H30N2. The Morgan fingerprint density at radius 3 is 1.24 bits per heavy atom. The molecule has 2 nitrogen and oxygen atoms in total. The van der Waals surface area contributed by atoms with Crippen molar-refractivity contribution in [3.63, 3.8) is 0 Å². The van der Waals surface area contributed by atoms with Crippen LogP contribution in [0.5, 0.6) is 0 Å². The number of aryl methyl sites for hydroxylation is 2. The van der Waals surface area contributed by atoms with E-state index in [1.54, 1.807) is 0 Å². The van der Waals surface area contributed by atoms with Crippen molar-refractivity contribution in [2.24, 2.45) is 0 Å². The van der Waals surface area contributed by atoms with Crippen LogP contribution in [-0.4, -0.2) is 9.13 Å². The van der Waals surface area contributed by atoms with E-state index in [9.17, 15) is 0 Å². The van der Waals surface area contributed by atoms with Gasteiger partial charge in [-0.2, -0.15) is 0 Å². The van der Waals surface area contributed by atoms with Crippen LogP contribution in [0.4, 0.5) is 0 Å². The highest BCUT2D eigenvalue weighted by Crippen LogP contribution is 2.37. The Bertz CT molecular complexity index is 2150. The van der Waals surface area contributed by atoms with Crippen LogP contribution in [0, 0.1) is 6.92 Å². The lowest BCUT2D eigenvalue weighted by molar-refractivity contribution is 1.11. The van der Waals surface area contributed by atoms with E-state index in [0.717, 1.165) is 6.42 Å². The number of fused-ring (bicyclic) bond motifs is 6. The van der Waals surface area contributed by atoms with Crippen LogP contribution in [0.1, 0.15) is 18.1 Å². The van der Waals surface area contributed by atoms with Gasteiger partial charge in [0.2, 0.25) is 0 Å². The van der Waals surface area contributed by atoms with Crippen LogP contribution in [-0.2, 0) is 6.42 Å². The van der Waals surface area contributed by atoms with Gasteiger partial charge in [-0.25, -0.2) is 0 Å². The van der Waals surface area contributed by atoms with Crippen LogP contribution in [0.25, 0.3) is 66.1 Å². The highest BCUT2D eigenvalue weighted by Gasteiger charge is 2.16. The zero-order chi connectivity index (χ0) is 27.5. The zero-order valence-electron chi connectivity index (χ0n) is 23.3. The number of hydrogen-bond donors (Lipinski definition) is 0. The molecule has 2 heteroatoms. The van der Waals surface area contributed by atoms with Gasteiger partial charge in [-0.3, -0.25) is 0 Å². The van der Waals surface area contributed by atoms with E-state index in [4.69, 9.17) is 0 Å². The third-order valence-electron chi connectivity index (χ3n) is 8.65. The molecule has 0 radical (unpaired) electrons. The van der Waals surface area contributed by atoms with E-state index in [2.05, 4.69) is 156 Å². The fourth-order valence-electron chi connectivity index (χ4n) is 6.77. The Morgan fingerprint density at radius 1 is 0.439 bits per heavy atom. The maximum Gasteiger partial charge on any atom is 0.0541 e. The average Bonchev–Trinajstić information content (AvgIpc) is 3.54. The average molecular weight is 527 g/mol. The third kappa shape index (κ3) is 3.57. The summed E-state index contributed by atoms with van der Waals surface area (Å²) in [5.41, 5.74) is 12.6. The number of hydrogen-bond acceptors (Lipinski definition) is 0. The predicted octanol–water partition coefficient (Wildman–Crippen LogP) is 10.4. The van der Waals surface area contributed by atoms with Gasteiger partial charge < -0.3 is 9.13 Å². The molecule has 0 aliphatic carbocycles. The number of benzene rings is 6. The third-order valence-corrected chi connectivity index (χ3v) is 8.65. The Balaban J connectivity index is 1.27. The van der Waals surface area contributed by atoms with Crippen molar-refractivity contribution < 1.29 is 0 Å². The quantitative estimate of drug-likeness (QED) is 0.216. The van der Waals surface area contributed by atoms with E-state index in [1.807, 2.05) is 0 Å². The molecule has 0 saturated carbocycles. The van der Waals surface area contributed by atoms with E-state index < -0.39 is 0 Å². The number of rotatable bonds is 4. The molecule has 0 amide bonds. The molecule has 0 saturated heterocycles. The standard InChI is InChI=1S/C39H30N2/c1-3-27-25-29(41-38-18-10-6-14-34(38)35-15-7-11-19-39(35)41)21-23-31(27)30-22-20-28(24-26(30)2)40-36-16-8-4-12-32(36)33-13-5-9-17-37(33)40/h4-25H,3H2,1-2H3. The summed E-state index contributed by atoms with van der Waals surface area (Å²) in [6.45, 7) is 4.50. The molecule has 2 heterocycles. The highest BCUT2D eigenvalue weighted by atomic mass is 15.0. The van der Waals surface area contributed by atoms with Crippen LogP contribution >= 0.6 is 0 Å². The van der Waals surface area contributed by atoms with E-state index in [0.29, 0.717) is 0 Å². The Morgan fingerprint density at radius 2 is 0.829 bits per heavy atom. The van der Waals surface area contributed by atoms with Crippen molar-refractivity contribution in [3.8, 4) is 22.5 Å². The molecule has 196 valence electrons. The summed E-state index contributed by atoms with van der Waals surface area (Å²) in [5, 5.41) is 5.17. The monoisotopic (exact) mass is 526 g/mol. The van der Waals surface area contributed by atoms with Crippen molar-refractivity contribution in [1.29, 1.82) is 0 Å². The normalized spacial score (nSPS) is 11.8. The molecule has 6 aromatic carbocycles. The van der Waals surface area contributed by atoms with E-state index in [-0.39, 0.29) is 0 Å². The van der Waals surface area contributed by atoms with Gasteiger partial charge in [0, 0.05) is 32.9 Å². The van der Waals surface area contributed by atoms with Crippen molar-refractivity contribution in [2.45, 2.75) is 20.3 Å².